The first-order valence-corrected chi connectivity index (χ1v) is 6.12. The van der Waals surface area contributed by atoms with Crippen LogP contribution in [-0.2, 0) is 17.9 Å². The lowest BCUT2D eigenvalue weighted by molar-refractivity contribution is -0.121. The second kappa shape index (κ2) is 7.78. The molecule has 96 valence electrons. The Labute approximate surface area is 102 Å². The molecule has 0 atom stereocenters. The normalized spacial score (nSPS) is 10.5. The zero-order chi connectivity index (χ0) is 12.5. The summed E-state index contributed by atoms with van der Waals surface area (Å²) in [5, 5.41) is 10.5. The summed E-state index contributed by atoms with van der Waals surface area (Å²) in [4.78, 5) is 11.5. The van der Waals surface area contributed by atoms with Gasteiger partial charge in [0.1, 0.15) is 6.54 Å². The topological polar surface area (TPSA) is 85.8 Å². The number of carbonyl (C=O) groups excluding carboxylic acids is 1. The molecule has 1 amide bonds. The molecule has 0 saturated carbocycles. The van der Waals surface area contributed by atoms with Gasteiger partial charge in [-0.05, 0) is 6.42 Å². The smallest absolute Gasteiger partial charge is 0.241 e. The molecule has 0 unspecified atom stereocenters. The zero-order valence-corrected chi connectivity index (χ0v) is 10.4. The van der Waals surface area contributed by atoms with Gasteiger partial charge in [0.2, 0.25) is 5.91 Å². The number of hydrogen-bond donors (Lipinski definition) is 2. The van der Waals surface area contributed by atoms with Crippen molar-refractivity contribution in [3.8, 4) is 0 Å². The van der Waals surface area contributed by atoms with Crippen LogP contribution < -0.4 is 11.1 Å². The second-order valence-electron chi connectivity index (χ2n) is 4.02. The van der Waals surface area contributed by atoms with E-state index in [1.807, 2.05) is 0 Å². The van der Waals surface area contributed by atoms with Crippen LogP contribution in [0.5, 0.6) is 0 Å². The highest BCUT2D eigenvalue weighted by molar-refractivity contribution is 5.75. The lowest BCUT2D eigenvalue weighted by atomic mass is 10.2. The van der Waals surface area contributed by atoms with Gasteiger partial charge >= 0.3 is 0 Å². The molecule has 6 heteroatoms. The zero-order valence-electron chi connectivity index (χ0n) is 10.4. The van der Waals surface area contributed by atoms with E-state index >= 15 is 0 Å². The summed E-state index contributed by atoms with van der Waals surface area (Å²) in [5.74, 6) is -0.0324. The van der Waals surface area contributed by atoms with Crippen LogP contribution in [0.1, 0.15) is 38.3 Å². The third-order valence-electron chi connectivity index (χ3n) is 2.45. The van der Waals surface area contributed by atoms with Crippen molar-refractivity contribution < 1.29 is 4.79 Å². The van der Waals surface area contributed by atoms with E-state index in [-0.39, 0.29) is 12.5 Å². The molecule has 0 spiro atoms. The molecule has 0 saturated heterocycles. The fourth-order valence-electron chi connectivity index (χ4n) is 1.49. The van der Waals surface area contributed by atoms with E-state index in [4.69, 9.17) is 5.73 Å². The summed E-state index contributed by atoms with van der Waals surface area (Å²) >= 11 is 0. The van der Waals surface area contributed by atoms with E-state index in [1.54, 1.807) is 6.20 Å². The number of amides is 1. The van der Waals surface area contributed by atoms with Gasteiger partial charge in [0.15, 0.2) is 0 Å². The van der Waals surface area contributed by atoms with Crippen LogP contribution >= 0.6 is 0 Å². The van der Waals surface area contributed by atoms with Crippen LogP contribution in [0.3, 0.4) is 0 Å². The summed E-state index contributed by atoms with van der Waals surface area (Å²) in [5.41, 5.74) is 6.10. The summed E-state index contributed by atoms with van der Waals surface area (Å²) < 4.78 is 1.50. The number of rotatable bonds is 8. The van der Waals surface area contributed by atoms with Crippen LogP contribution in [0, 0.1) is 0 Å². The van der Waals surface area contributed by atoms with Gasteiger partial charge in [-0.3, -0.25) is 4.79 Å². The van der Waals surface area contributed by atoms with Gasteiger partial charge in [0, 0.05) is 13.1 Å². The molecule has 1 heterocycles. The third kappa shape index (κ3) is 5.44. The van der Waals surface area contributed by atoms with Gasteiger partial charge < -0.3 is 11.1 Å². The Bertz CT molecular complexity index is 336. The minimum atomic E-state index is -0.0324. The van der Waals surface area contributed by atoms with E-state index in [2.05, 4.69) is 22.6 Å². The first-order chi connectivity index (χ1) is 8.26. The Kier molecular flexibility index (Phi) is 6.24. The fraction of sp³-hybridized carbons (Fsp3) is 0.727. The Balaban J connectivity index is 2.16. The molecule has 0 fully saturated rings. The predicted molar refractivity (Wildman–Crippen MR) is 65.1 cm³/mol. The van der Waals surface area contributed by atoms with Gasteiger partial charge in [-0.2, -0.15) is 0 Å². The van der Waals surface area contributed by atoms with Gasteiger partial charge in [-0.15, -0.1) is 5.10 Å². The van der Waals surface area contributed by atoms with E-state index < -0.39 is 0 Å². The highest BCUT2D eigenvalue weighted by Gasteiger charge is 2.04. The van der Waals surface area contributed by atoms with Gasteiger partial charge in [-0.25, -0.2) is 4.68 Å². The second-order valence-corrected chi connectivity index (χ2v) is 4.02. The maximum atomic E-state index is 11.5. The van der Waals surface area contributed by atoms with Crippen LogP contribution in [0.25, 0.3) is 0 Å². The molecule has 0 aliphatic rings. The lowest BCUT2D eigenvalue weighted by Crippen LogP contribution is -2.28. The van der Waals surface area contributed by atoms with E-state index in [0.29, 0.717) is 12.2 Å². The summed E-state index contributed by atoms with van der Waals surface area (Å²) in [6.07, 6.45) is 6.31. The molecule has 0 radical (unpaired) electrons. The third-order valence-corrected chi connectivity index (χ3v) is 2.45. The first kappa shape index (κ1) is 13.6. The Morgan fingerprint density at radius 1 is 1.47 bits per heavy atom. The molecule has 0 aromatic carbocycles. The maximum Gasteiger partial charge on any atom is 0.241 e. The van der Waals surface area contributed by atoms with Crippen molar-refractivity contribution in [1.29, 1.82) is 0 Å². The monoisotopic (exact) mass is 239 g/mol. The standard InChI is InChI=1S/C11H21N5O/c1-2-3-4-5-6-13-11(17)9-16-8-10(7-12)14-15-16/h8H,2-7,9,12H2,1H3,(H,13,17). The van der Waals surface area contributed by atoms with Crippen molar-refractivity contribution in [3.63, 3.8) is 0 Å². The number of nitrogens with two attached hydrogens (primary N) is 1. The molecule has 6 nitrogen and oxygen atoms in total. The number of nitrogens with zero attached hydrogens (tertiary/aromatic N) is 3. The fourth-order valence-corrected chi connectivity index (χ4v) is 1.49. The molecule has 0 aliphatic heterocycles. The largest absolute Gasteiger partial charge is 0.354 e. The van der Waals surface area contributed by atoms with Crippen LogP contribution in [0.15, 0.2) is 6.20 Å². The van der Waals surface area contributed by atoms with Crippen molar-refractivity contribution in [2.24, 2.45) is 5.73 Å². The minimum absolute atomic E-state index is 0.0324. The molecule has 1 aromatic rings. The quantitative estimate of drug-likeness (QED) is 0.644. The van der Waals surface area contributed by atoms with Crippen molar-refractivity contribution in [3.05, 3.63) is 11.9 Å². The first-order valence-electron chi connectivity index (χ1n) is 6.12. The van der Waals surface area contributed by atoms with Gasteiger partial charge in [-0.1, -0.05) is 31.4 Å². The van der Waals surface area contributed by atoms with Crippen molar-refractivity contribution in [1.82, 2.24) is 20.3 Å². The SMILES string of the molecule is CCCCCCNC(=O)Cn1cc(CN)nn1. The maximum absolute atomic E-state index is 11.5. The highest BCUT2D eigenvalue weighted by Crippen LogP contribution is 1.97. The minimum Gasteiger partial charge on any atom is -0.354 e. The Morgan fingerprint density at radius 2 is 2.29 bits per heavy atom. The molecular formula is C11H21N5O. The number of carbonyl (C=O) groups is 1. The number of unbranched alkanes of at least 4 members (excludes halogenated alkanes) is 3. The summed E-state index contributed by atoms with van der Waals surface area (Å²) in [7, 11) is 0. The molecule has 0 aliphatic carbocycles. The van der Waals surface area contributed by atoms with E-state index in [1.165, 1.54) is 17.5 Å². The number of nitrogens with one attached hydrogen (secondary N) is 1. The summed E-state index contributed by atoms with van der Waals surface area (Å²) in [6.45, 7) is 3.45. The Morgan fingerprint density at radius 3 is 2.94 bits per heavy atom. The van der Waals surface area contributed by atoms with Crippen molar-refractivity contribution >= 4 is 5.91 Å². The molecule has 3 N–H and O–H groups in total. The van der Waals surface area contributed by atoms with Gasteiger partial charge in [0.25, 0.3) is 0 Å². The molecule has 1 aromatic heterocycles. The van der Waals surface area contributed by atoms with Crippen molar-refractivity contribution in [2.45, 2.75) is 45.7 Å². The average Bonchev–Trinajstić information content (AvgIpc) is 2.76. The average molecular weight is 239 g/mol. The molecule has 1 rings (SSSR count). The molecular weight excluding hydrogens is 218 g/mol. The Hall–Kier alpha value is -1.43. The number of aromatic nitrogens is 3. The summed E-state index contributed by atoms with van der Waals surface area (Å²) in [6, 6.07) is 0. The molecule has 0 bridgehead atoms. The molecule has 17 heavy (non-hydrogen) atoms. The van der Waals surface area contributed by atoms with E-state index in [9.17, 15) is 4.79 Å². The van der Waals surface area contributed by atoms with Crippen molar-refractivity contribution in [2.75, 3.05) is 6.54 Å². The van der Waals surface area contributed by atoms with Gasteiger partial charge in [0.05, 0.1) is 11.9 Å². The number of hydrogen-bond acceptors (Lipinski definition) is 4. The van der Waals surface area contributed by atoms with Crippen LogP contribution in [0.2, 0.25) is 0 Å². The van der Waals surface area contributed by atoms with E-state index in [0.717, 1.165) is 19.4 Å². The predicted octanol–water partition coefficient (Wildman–Crippen LogP) is 0.433. The van der Waals surface area contributed by atoms with Crippen LogP contribution in [0.4, 0.5) is 0 Å². The highest BCUT2D eigenvalue weighted by atomic mass is 16.2. The van der Waals surface area contributed by atoms with Crippen LogP contribution in [-0.4, -0.2) is 27.4 Å². The lowest BCUT2D eigenvalue weighted by Gasteiger charge is -2.04.